The molecule has 148 valence electrons. The highest BCUT2D eigenvalue weighted by Crippen LogP contribution is 2.34. The van der Waals surface area contributed by atoms with Gasteiger partial charge in [-0.25, -0.2) is 4.98 Å². The maximum Gasteiger partial charge on any atom is 0.118 e. The fourth-order valence-electron chi connectivity index (χ4n) is 2.86. The van der Waals surface area contributed by atoms with Crippen LogP contribution in [0.5, 0.6) is 5.75 Å². The van der Waals surface area contributed by atoms with Crippen molar-refractivity contribution in [1.82, 2.24) is 4.98 Å². The summed E-state index contributed by atoms with van der Waals surface area (Å²) >= 11 is 1.49. The van der Waals surface area contributed by atoms with Crippen LogP contribution < -0.4 is 4.74 Å². The molecular formula is C23H22N2O2S2. The number of pyridine rings is 1. The van der Waals surface area contributed by atoms with E-state index in [9.17, 15) is 9.47 Å². The highest BCUT2D eigenvalue weighted by Gasteiger charge is 2.16. The van der Waals surface area contributed by atoms with E-state index in [-0.39, 0.29) is 0 Å². The van der Waals surface area contributed by atoms with Gasteiger partial charge in [0.1, 0.15) is 16.8 Å². The molecule has 4 nitrogen and oxygen atoms in total. The molecule has 0 radical (unpaired) electrons. The van der Waals surface area contributed by atoms with Crippen LogP contribution in [0.4, 0.5) is 0 Å². The SMILES string of the molecule is CC[S@@](=O)CCSc1nc(-c2ccc(OC)cc2)cc(-c2ccccc2)c1C#N. The van der Waals surface area contributed by atoms with Gasteiger partial charge in [0.2, 0.25) is 0 Å². The molecule has 1 aromatic heterocycles. The Morgan fingerprint density at radius 2 is 1.83 bits per heavy atom. The van der Waals surface area contributed by atoms with Crippen LogP contribution in [0.25, 0.3) is 22.4 Å². The number of thioether (sulfide) groups is 1. The Bertz CT molecular complexity index is 1030. The van der Waals surface area contributed by atoms with E-state index in [0.717, 1.165) is 28.1 Å². The van der Waals surface area contributed by atoms with Gasteiger partial charge < -0.3 is 4.74 Å². The third-order valence-corrected chi connectivity index (χ3v) is 6.98. The van der Waals surface area contributed by atoms with Crippen LogP contribution in [-0.2, 0) is 10.8 Å². The van der Waals surface area contributed by atoms with E-state index in [2.05, 4.69) is 6.07 Å². The molecule has 0 saturated carbocycles. The van der Waals surface area contributed by atoms with Crippen molar-refractivity contribution in [2.75, 3.05) is 24.4 Å². The lowest BCUT2D eigenvalue weighted by Crippen LogP contribution is -2.03. The summed E-state index contributed by atoms with van der Waals surface area (Å²) in [6.07, 6.45) is 0. The average Bonchev–Trinajstić information content (AvgIpc) is 2.79. The van der Waals surface area contributed by atoms with E-state index >= 15 is 0 Å². The van der Waals surface area contributed by atoms with Crippen molar-refractivity contribution in [2.24, 2.45) is 0 Å². The number of rotatable bonds is 8. The summed E-state index contributed by atoms with van der Waals surface area (Å²) in [5.41, 5.74) is 4.13. The first-order valence-electron chi connectivity index (χ1n) is 9.29. The van der Waals surface area contributed by atoms with Crippen molar-refractivity contribution in [3.8, 4) is 34.2 Å². The molecule has 0 amide bonds. The van der Waals surface area contributed by atoms with Crippen LogP contribution in [-0.4, -0.2) is 33.6 Å². The first-order valence-corrected chi connectivity index (χ1v) is 11.8. The molecule has 0 aliphatic carbocycles. The zero-order valence-corrected chi connectivity index (χ0v) is 18.1. The monoisotopic (exact) mass is 422 g/mol. The third-order valence-electron chi connectivity index (χ3n) is 4.44. The zero-order chi connectivity index (χ0) is 20.6. The van der Waals surface area contributed by atoms with Crippen LogP contribution in [0.3, 0.4) is 0 Å². The van der Waals surface area contributed by atoms with Crippen molar-refractivity contribution in [3.63, 3.8) is 0 Å². The van der Waals surface area contributed by atoms with Gasteiger partial charge in [-0.2, -0.15) is 5.26 Å². The van der Waals surface area contributed by atoms with Gasteiger partial charge in [-0.1, -0.05) is 37.3 Å². The first-order chi connectivity index (χ1) is 14.2. The van der Waals surface area contributed by atoms with Gasteiger partial charge in [-0.15, -0.1) is 11.8 Å². The summed E-state index contributed by atoms with van der Waals surface area (Å²) in [6.45, 7) is 1.91. The van der Waals surface area contributed by atoms with E-state index in [1.165, 1.54) is 11.8 Å². The lowest BCUT2D eigenvalue weighted by molar-refractivity contribution is 0.415. The van der Waals surface area contributed by atoms with E-state index < -0.39 is 10.8 Å². The lowest BCUT2D eigenvalue weighted by Gasteiger charge is -2.13. The van der Waals surface area contributed by atoms with Gasteiger partial charge in [-0.3, -0.25) is 4.21 Å². The Balaban J connectivity index is 2.07. The number of aromatic nitrogens is 1. The maximum absolute atomic E-state index is 11.8. The van der Waals surface area contributed by atoms with E-state index in [4.69, 9.17) is 9.72 Å². The summed E-state index contributed by atoms with van der Waals surface area (Å²) in [5, 5.41) is 10.5. The molecule has 6 heteroatoms. The molecule has 0 fully saturated rings. The molecule has 3 aromatic rings. The highest BCUT2D eigenvalue weighted by atomic mass is 32.2. The third kappa shape index (κ3) is 5.26. The molecule has 3 rings (SSSR count). The normalized spacial score (nSPS) is 11.6. The summed E-state index contributed by atoms with van der Waals surface area (Å²) in [4.78, 5) is 4.78. The predicted molar refractivity (Wildman–Crippen MR) is 121 cm³/mol. The average molecular weight is 423 g/mol. The van der Waals surface area contributed by atoms with Gasteiger partial charge >= 0.3 is 0 Å². The minimum absolute atomic E-state index is 0.556. The van der Waals surface area contributed by atoms with Crippen LogP contribution >= 0.6 is 11.8 Å². The van der Waals surface area contributed by atoms with E-state index in [1.807, 2.05) is 67.6 Å². The second-order valence-corrected chi connectivity index (χ2v) is 9.17. The Morgan fingerprint density at radius 1 is 1.10 bits per heavy atom. The van der Waals surface area contributed by atoms with Gasteiger partial charge in [0, 0.05) is 39.2 Å². The van der Waals surface area contributed by atoms with Gasteiger partial charge in [-0.05, 0) is 35.9 Å². The lowest BCUT2D eigenvalue weighted by atomic mass is 9.99. The van der Waals surface area contributed by atoms with E-state index in [0.29, 0.717) is 27.8 Å². The fraction of sp³-hybridized carbons (Fsp3) is 0.217. The minimum atomic E-state index is -0.841. The summed E-state index contributed by atoms with van der Waals surface area (Å²) < 4.78 is 17.0. The largest absolute Gasteiger partial charge is 0.497 e. The maximum atomic E-state index is 11.8. The summed E-state index contributed by atoms with van der Waals surface area (Å²) in [7, 11) is 0.795. The second kappa shape index (κ2) is 10.2. The van der Waals surface area contributed by atoms with Crippen molar-refractivity contribution in [3.05, 3.63) is 66.2 Å². The van der Waals surface area contributed by atoms with Crippen molar-refractivity contribution in [2.45, 2.75) is 11.9 Å². The van der Waals surface area contributed by atoms with Crippen LogP contribution in [0.2, 0.25) is 0 Å². The molecule has 0 spiro atoms. The first kappa shape index (κ1) is 21.1. The molecule has 29 heavy (non-hydrogen) atoms. The van der Waals surface area contributed by atoms with Gasteiger partial charge in [0.15, 0.2) is 0 Å². The molecule has 0 aliphatic heterocycles. The number of benzene rings is 2. The summed E-state index contributed by atoms with van der Waals surface area (Å²) in [6, 6.07) is 21.9. The molecule has 0 N–H and O–H groups in total. The number of nitrogens with zero attached hydrogens (tertiary/aromatic N) is 2. The number of hydrogen-bond donors (Lipinski definition) is 0. The molecule has 1 atom stereocenters. The Hall–Kier alpha value is -2.62. The Labute approximate surface area is 178 Å². The minimum Gasteiger partial charge on any atom is -0.497 e. The van der Waals surface area contributed by atoms with Crippen LogP contribution in [0, 0.1) is 11.3 Å². The van der Waals surface area contributed by atoms with E-state index in [1.54, 1.807) is 7.11 Å². The van der Waals surface area contributed by atoms with Crippen molar-refractivity contribution >= 4 is 22.6 Å². The van der Waals surface area contributed by atoms with Crippen molar-refractivity contribution in [1.29, 1.82) is 5.26 Å². The molecule has 0 saturated heterocycles. The van der Waals surface area contributed by atoms with Crippen LogP contribution in [0.1, 0.15) is 12.5 Å². The molecule has 2 aromatic carbocycles. The topological polar surface area (TPSA) is 63.0 Å². The molecule has 0 aliphatic rings. The number of hydrogen-bond acceptors (Lipinski definition) is 5. The highest BCUT2D eigenvalue weighted by molar-refractivity contribution is 8.00. The molecule has 0 bridgehead atoms. The predicted octanol–water partition coefficient (Wildman–Crippen LogP) is 5.16. The quantitative estimate of drug-likeness (QED) is 0.469. The number of methoxy groups -OCH3 is 1. The Morgan fingerprint density at radius 3 is 2.45 bits per heavy atom. The van der Waals surface area contributed by atoms with Gasteiger partial charge in [0.25, 0.3) is 0 Å². The van der Waals surface area contributed by atoms with Crippen molar-refractivity contribution < 1.29 is 8.95 Å². The number of ether oxygens (including phenoxy) is 1. The molecule has 0 unspecified atom stereocenters. The number of nitriles is 1. The second-order valence-electron chi connectivity index (χ2n) is 6.22. The summed E-state index contributed by atoms with van der Waals surface area (Å²) in [5.74, 6) is 2.66. The van der Waals surface area contributed by atoms with Crippen LogP contribution in [0.15, 0.2) is 65.7 Å². The Kier molecular flexibility index (Phi) is 7.45. The zero-order valence-electron chi connectivity index (χ0n) is 16.4. The standard InChI is InChI=1S/C23H22N2O2S2/c1-3-29(26)14-13-28-23-21(16-24)20(17-7-5-4-6-8-17)15-22(25-23)18-9-11-19(27-2)12-10-18/h4-12,15H,3,13-14H2,1-2H3/t29-/m1/s1. The smallest absolute Gasteiger partial charge is 0.118 e. The van der Waals surface area contributed by atoms with Gasteiger partial charge in [0.05, 0.1) is 18.4 Å². The molecular weight excluding hydrogens is 400 g/mol. The fourth-order valence-corrected chi connectivity index (χ4v) is 4.89. The molecule has 1 heterocycles.